The molecular weight excluding hydrogens is 977 g/mol. The van der Waals surface area contributed by atoms with Crippen LogP contribution in [0.2, 0.25) is 170 Å². The van der Waals surface area contributed by atoms with Crippen molar-refractivity contribution in [3.05, 3.63) is 41.6 Å². The van der Waals surface area contributed by atoms with E-state index < -0.39 is 118 Å². The van der Waals surface area contributed by atoms with Crippen molar-refractivity contribution in [1.29, 1.82) is 0 Å². The van der Waals surface area contributed by atoms with E-state index in [1.165, 1.54) is 0 Å². The zero-order valence-corrected chi connectivity index (χ0v) is 56.1. The highest BCUT2D eigenvalue weighted by atomic mass is 28.5. The molecule has 0 aromatic heterocycles. The molecule has 1 aromatic rings. The maximum Gasteiger partial charge on any atom is 0.324 e. The third-order valence-electron chi connectivity index (χ3n) is 7.31. The average molecular weight is 1070 g/mol. The summed E-state index contributed by atoms with van der Waals surface area (Å²) in [5.74, 6) is -0.484. The summed E-state index contributed by atoms with van der Waals surface area (Å²) in [6, 6.07) is 10.3. The molecular formula is C35H88O12Si13. The average Bonchev–Trinajstić information content (AvgIpc) is 2.84. The van der Waals surface area contributed by atoms with Crippen molar-refractivity contribution < 1.29 is 50.0 Å². The normalized spacial score (nSPS) is 15.7. The monoisotopic (exact) mass is 1060 g/mol. The van der Waals surface area contributed by atoms with Crippen molar-refractivity contribution in [1.82, 2.24) is 0 Å². The number of hydrogen-bond acceptors (Lipinski definition) is 12. The summed E-state index contributed by atoms with van der Waals surface area (Å²) in [7, 11) is -31.3. The Balaban J connectivity index is 3.22. The van der Waals surface area contributed by atoms with Gasteiger partial charge in [-0.3, -0.25) is 0 Å². The van der Waals surface area contributed by atoms with Crippen molar-refractivity contribution >= 4 is 118 Å². The van der Waals surface area contributed by atoms with Crippen LogP contribution >= 0.6 is 0 Å². The SMILES string of the molecule is C[Si](C)(C)O[Si](C)(C)O[Si](C)(C)O[Si](C)(C)O[Si](C)(C)O[Si](C)(C)OC(O[Si](C)(C)O[Si](C)(C)O[Si](C)(C)O[Si](C)(C)O[Si](C)(C)O[Si](C)(C)C)[SiH2]C=Cc1ccccc1. The maximum atomic E-state index is 6.95. The lowest BCUT2D eigenvalue weighted by Crippen LogP contribution is -2.61. The van der Waals surface area contributed by atoms with E-state index in [9.17, 15) is 0 Å². The van der Waals surface area contributed by atoms with Gasteiger partial charge < -0.3 is 50.0 Å². The summed E-state index contributed by atoms with van der Waals surface area (Å²) >= 11 is 0. The maximum absolute atomic E-state index is 6.95. The van der Waals surface area contributed by atoms with Crippen molar-refractivity contribution in [3.8, 4) is 0 Å². The van der Waals surface area contributed by atoms with Crippen molar-refractivity contribution in [2.75, 3.05) is 0 Å². The van der Waals surface area contributed by atoms with Gasteiger partial charge in [-0.15, -0.1) is 0 Å². The van der Waals surface area contributed by atoms with Gasteiger partial charge in [0, 0.05) is 0 Å². The lowest BCUT2D eigenvalue weighted by molar-refractivity contribution is 0.0257. The first kappa shape index (κ1) is 59.3. The fourth-order valence-corrected chi connectivity index (χ4v) is 67.7. The van der Waals surface area contributed by atoms with Crippen LogP contribution in [0.25, 0.3) is 6.08 Å². The van der Waals surface area contributed by atoms with Crippen LogP contribution in [0.1, 0.15) is 5.56 Å². The van der Waals surface area contributed by atoms with Crippen LogP contribution in [-0.4, -0.2) is 118 Å². The summed E-state index contributed by atoms with van der Waals surface area (Å²) in [5, 5.41) is 0. The zero-order chi connectivity index (χ0) is 47.3. The highest BCUT2D eigenvalue weighted by molar-refractivity contribution is 6.92. The van der Waals surface area contributed by atoms with E-state index in [2.05, 4.69) is 194 Å². The molecule has 0 saturated heterocycles. The zero-order valence-electron chi connectivity index (χ0n) is 42.7. The molecule has 25 heteroatoms. The molecule has 0 amide bonds. The van der Waals surface area contributed by atoms with Crippen molar-refractivity contribution in [2.45, 2.75) is 176 Å². The molecule has 0 saturated carbocycles. The Kier molecular flexibility index (Phi) is 21.3. The predicted molar refractivity (Wildman–Crippen MR) is 282 cm³/mol. The number of benzene rings is 1. The second-order valence-electron chi connectivity index (χ2n) is 22.0. The van der Waals surface area contributed by atoms with Crippen LogP contribution in [-0.2, 0) is 50.0 Å². The molecule has 0 aliphatic heterocycles. The third-order valence-corrected chi connectivity index (χ3v) is 51.2. The third kappa shape index (κ3) is 27.7. The summed E-state index contributed by atoms with van der Waals surface area (Å²) in [5.41, 5.74) is 3.36. The summed E-state index contributed by atoms with van der Waals surface area (Å²) in [6.45, 7) is 54.9. The standard InChI is InChI=1S/C35H88O12Si13/c1-49(2,3)38-53(11,12)42-57(19,20)46-59(23,24)44-55(15,16)40-51(7,8)36-35(48-33-32-34-30-28-27-29-31-34)37-52(9,10)41-56(17,18)45-60(25,26)47-58(21,22)43-54(13,14)39-50(4,5)6/h27-33,35H,48H2,1-26H3. The molecule has 0 aliphatic carbocycles. The van der Waals surface area contributed by atoms with Crippen LogP contribution in [0.3, 0.4) is 0 Å². The van der Waals surface area contributed by atoms with E-state index in [1.54, 1.807) is 0 Å². The van der Waals surface area contributed by atoms with Gasteiger partial charge in [-0.1, -0.05) is 42.1 Å². The lowest BCUT2D eigenvalue weighted by atomic mass is 10.2. The molecule has 0 radical (unpaired) electrons. The Morgan fingerprint density at radius 1 is 0.333 bits per heavy atom. The molecule has 1 aromatic carbocycles. The van der Waals surface area contributed by atoms with Gasteiger partial charge >= 0.3 is 85.6 Å². The molecule has 0 fully saturated rings. The first-order chi connectivity index (χ1) is 26.2. The van der Waals surface area contributed by atoms with Gasteiger partial charge in [0.1, 0.15) is 15.4 Å². The van der Waals surface area contributed by atoms with E-state index in [0.717, 1.165) is 5.56 Å². The van der Waals surface area contributed by atoms with E-state index in [4.69, 9.17) is 50.0 Å². The minimum atomic E-state index is -2.84. The Hall–Kier alpha value is 1.30. The first-order valence-electron chi connectivity index (χ1n) is 21.3. The van der Waals surface area contributed by atoms with Crippen molar-refractivity contribution in [2.24, 2.45) is 0 Å². The molecule has 0 bridgehead atoms. The van der Waals surface area contributed by atoms with Gasteiger partial charge in [0.25, 0.3) is 0 Å². The fourth-order valence-electron chi connectivity index (χ4n) is 8.06. The quantitative estimate of drug-likeness (QED) is 0.0618. The summed E-state index contributed by atoms with van der Waals surface area (Å²) in [4.78, 5) is 0. The van der Waals surface area contributed by atoms with Gasteiger partial charge in [-0.25, -0.2) is 0 Å². The molecule has 0 unspecified atom stereocenters. The minimum Gasteiger partial charge on any atom is -0.437 e. The predicted octanol–water partition coefficient (Wildman–Crippen LogP) is 11.0. The minimum absolute atomic E-state index is 0.484. The lowest BCUT2D eigenvalue weighted by Gasteiger charge is -2.44. The highest BCUT2D eigenvalue weighted by Crippen LogP contribution is 2.31. The first-order valence-corrected chi connectivity index (χ1v) is 57.9. The second-order valence-corrected chi connectivity index (χ2v) is 68.6. The van der Waals surface area contributed by atoms with Gasteiger partial charge in [-0.2, -0.15) is 0 Å². The largest absolute Gasteiger partial charge is 0.437 e. The smallest absolute Gasteiger partial charge is 0.324 e. The molecule has 0 atom stereocenters. The Morgan fingerprint density at radius 3 is 0.817 bits per heavy atom. The molecule has 1 rings (SSSR count). The van der Waals surface area contributed by atoms with Gasteiger partial charge in [-0.05, 0) is 176 Å². The van der Waals surface area contributed by atoms with Crippen LogP contribution in [0.4, 0.5) is 0 Å². The van der Waals surface area contributed by atoms with E-state index >= 15 is 0 Å². The molecule has 352 valence electrons. The molecule has 12 nitrogen and oxygen atoms in total. The Bertz CT molecular complexity index is 1430. The van der Waals surface area contributed by atoms with E-state index in [-0.39, 0.29) is 0 Å². The van der Waals surface area contributed by atoms with Crippen LogP contribution < -0.4 is 0 Å². The van der Waals surface area contributed by atoms with Crippen LogP contribution in [0.5, 0.6) is 0 Å². The summed E-state index contributed by atoms with van der Waals surface area (Å²) in [6.07, 6.45) is 2.15. The molecule has 60 heavy (non-hydrogen) atoms. The van der Waals surface area contributed by atoms with Crippen molar-refractivity contribution in [3.63, 3.8) is 0 Å². The van der Waals surface area contributed by atoms with E-state index in [1.807, 2.05) is 18.2 Å². The van der Waals surface area contributed by atoms with Gasteiger partial charge in [0.15, 0.2) is 16.6 Å². The van der Waals surface area contributed by atoms with Gasteiger partial charge in [0.2, 0.25) is 0 Å². The topological polar surface area (TPSA) is 111 Å². The van der Waals surface area contributed by atoms with Crippen LogP contribution in [0.15, 0.2) is 36.0 Å². The van der Waals surface area contributed by atoms with E-state index in [0.29, 0.717) is 0 Å². The molecule has 0 spiro atoms. The number of hydrogen-bond donors (Lipinski definition) is 0. The summed E-state index contributed by atoms with van der Waals surface area (Å²) < 4.78 is 81.4. The molecule has 0 aliphatic rings. The second kappa shape index (κ2) is 21.5. The Morgan fingerprint density at radius 2 is 0.567 bits per heavy atom. The number of rotatable bonds is 27. The van der Waals surface area contributed by atoms with Crippen LogP contribution in [0, 0.1) is 0 Å². The molecule has 0 heterocycles. The Labute approximate surface area is 383 Å². The highest BCUT2D eigenvalue weighted by Gasteiger charge is 2.50. The van der Waals surface area contributed by atoms with Gasteiger partial charge in [0.05, 0.1) is 0 Å². The molecule has 0 N–H and O–H groups in total. The fraction of sp³-hybridized carbons (Fsp3) is 0.771.